The number of carbonyl (C=O) groups is 1. The lowest BCUT2D eigenvalue weighted by atomic mass is 10.2. The van der Waals surface area contributed by atoms with Crippen LogP contribution in [-0.4, -0.2) is 44.6 Å². The molecule has 0 radical (unpaired) electrons. The number of ether oxygens (including phenoxy) is 1. The fourth-order valence-electron chi connectivity index (χ4n) is 1.67. The SMILES string of the molecule is Cc1ccc(NC(=O)CCCN)c(OCCN(C)C)c1.Cl.Cl. The summed E-state index contributed by atoms with van der Waals surface area (Å²) in [5.74, 6) is 0.685. The standard InChI is InChI=1S/C15H25N3O2.2ClH/c1-12-6-7-13(17-15(19)5-4-8-16)14(11-12)20-10-9-18(2)3;;/h6-7,11H,4-5,8-10,16H2,1-3H3,(H,17,19);2*1H. The summed E-state index contributed by atoms with van der Waals surface area (Å²) in [5.41, 5.74) is 7.23. The van der Waals surface area contributed by atoms with Crippen LogP contribution in [0.25, 0.3) is 0 Å². The molecule has 0 saturated carbocycles. The van der Waals surface area contributed by atoms with E-state index in [1.165, 1.54) is 0 Å². The molecule has 5 nitrogen and oxygen atoms in total. The van der Waals surface area contributed by atoms with Crippen molar-refractivity contribution >= 4 is 36.4 Å². The number of nitrogens with one attached hydrogen (secondary N) is 1. The minimum Gasteiger partial charge on any atom is -0.490 e. The molecule has 0 heterocycles. The number of rotatable bonds is 8. The zero-order valence-corrected chi connectivity index (χ0v) is 15.1. The third-order valence-electron chi connectivity index (χ3n) is 2.82. The van der Waals surface area contributed by atoms with E-state index in [2.05, 4.69) is 10.2 Å². The third kappa shape index (κ3) is 9.10. The van der Waals surface area contributed by atoms with Crippen molar-refractivity contribution in [2.45, 2.75) is 19.8 Å². The van der Waals surface area contributed by atoms with Gasteiger partial charge in [0.1, 0.15) is 12.4 Å². The van der Waals surface area contributed by atoms with Crippen LogP contribution >= 0.6 is 24.8 Å². The van der Waals surface area contributed by atoms with Crippen molar-refractivity contribution < 1.29 is 9.53 Å². The molecule has 0 saturated heterocycles. The lowest BCUT2D eigenvalue weighted by Gasteiger charge is -2.15. The van der Waals surface area contributed by atoms with Gasteiger partial charge in [0.05, 0.1) is 5.69 Å². The Bertz CT molecular complexity index is 443. The molecule has 7 heteroatoms. The number of aryl methyl sites for hydroxylation is 1. The van der Waals surface area contributed by atoms with E-state index >= 15 is 0 Å². The molecule has 3 N–H and O–H groups in total. The summed E-state index contributed by atoms with van der Waals surface area (Å²) in [5, 5.41) is 2.88. The quantitative estimate of drug-likeness (QED) is 0.754. The van der Waals surface area contributed by atoms with Gasteiger partial charge in [-0.2, -0.15) is 0 Å². The average molecular weight is 352 g/mol. The molecule has 0 fully saturated rings. The van der Waals surface area contributed by atoms with E-state index in [1.54, 1.807) is 0 Å². The zero-order chi connectivity index (χ0) is 15.0. The highest BCUT2D eigenvalue weighted by Crippen LogP contribution is 2.26. The van der Waals surface area contributed by atoms with Crippen LogP contribution in [0.1, 0.15) is 18.4 Å². The first-order valence-corrected chi connectivity index (χ1v) is 6.91. The Balaban J connectivity index is 0. The molecule has 0 unspecified atom stereocenters. The van der Waals surface area contributed by atoms with Crippen molar-refractivity contribution in [1.82, 2.24) is 4.90 Å². The molecule has 0 aliphatic heterocycles. The highest BCUT2D eigenvalue weighted by molar-refractivity contribution is 5.92. The Kier molecular flexibility index (Phi) is 13.2. The molecule has 1 aromatic rings. The number of nitrogens with two attached hydrogens (primary N) is 1. The second kappa shape index (κ2) is 12.5. The van der Waals surface area contributed by atoms with Crippen LogP contribution in [-0.2, 0) is 4.79 Å². The molecule has 0 aliphatic rings. The van der Waals surface area contributed by atoms with E-state index in [-0.39, 0.29) is 30.7 Å². The van der Waals surface area contributed by atoms with Crippen LogP contribution in [0.5, 0.6) is 5.75 Å². The van der Waals surface area contributed by atoms with Crippen LogP contribution in [0.15, 0.2) is 18.2 Å². The van der Waals surface area contributed by atoms with Gasteiger partial charge in [-0.3, -0.25) is 4.79 Å². The molecule has 0 aliphatic carbocycles. The van der Waals surface area contributed by atoms with E-state index in [0.717, 1.165) is 17.8 Å². The van der Waals surface area contributed by atoms with E-state index in [9.17, 15) is 4.79 Å². The maximum Gasteiger partial charge on any atom is 0.224 e. The lowest BCUT2D eigenvalue weighted by molar-refractivity contribution is -0.116. The first-order valence-electron chi connectivity index (χ1n) is 6.91. The van der Waals surface area contributed by atoms with Crippen LogP contribution in [0.2, 0.25) is 0 Å². The first-order chi connectivity index (χ1) is 9.52. The van der Waals surface area contributed by atoms with E-state index in [0.29, 0.717) is 31.7 Å². The van der Waals surface area contributed by atoms with Gasteiger partial charge in [-0.15, -0.1) is 24.8 Å². The van der Waals surface area contributed by atoms with Crippen molar-refractivity contribution in [3.05, 3.63) is 23.8 Å². The van der Waals surface area contributed by atoms with Gasteiger partial charge in [-0.05, 0) is 51.7 Å². The first kappa shape index (κ1) is 23.3. The molecular weight excluding hydrogens is 325 g/mol. The molecule has 22 heavy (non-hydrogen) atoms. The van der Waals surface area contributed by atoms with Crippen LogP contribution in [0.3, 0.4) is 0 Å². The van der Waals surface area contributed by atoms with Crippen molar-refractivity contribution in [2.75, 3.05) is 39.1 Å². The molecule has 128 valence electrons. The number of amides is 1. The molecule has 1 aromatic carbocycles. The predicted octanol–water partition coefficient (Wildman–Crippen LogP) is 2.46. The van der Waals surface area contributed by atoms with Crippen molar-refractivity contribution in [1.29, 1.82) is 0 Å². The van der Waals surface area contributed by atoms with Crippen LogP contribution < -0.4 is 15.8 Å². The molecule has 0 spiro atoms. The third-order valence-corrected chi connectivity index (χ3v) is 2.82. The second-order valence-corrected chi connectivity index (χ2v) is 5.09. The number of nitrogens with zero attached hydrogens (tertiary/aromatic N) is 1. The summed E-state index contributed by atoms with van der Waals surface area (Å²) in [6.07, 6.45) is 1.12. The lowest BCUT2D eigenvalue weighted by Crippen LogP contribution is -2.20. The monoisotopic (exact) mass is 351 g/mol. The average Bonchev–Trinajstić information content (AvgIpc) is 2.39. The Morgan fingerprint density at radius 3 is 2.59 bits per heavy atom. The Hall–Kier alpha value is -1.01. The van der Waals surface area contributed by atoms with E-state index in [4.69, 9.17) is 10.5 Å². The van der Waals surface area contributed by atoms with Gasteiger partial charge in [0.15, 0.2) is 0 Å². The number of benzene rings is 1. The maximum atomic E-state index is 11.8. The number of hydrogen-bond donors (Lipinski definition) is 2. The topological polar surface area (TPSA) is 67.6 Å². The summed E-state index contributed by atoms with van der Waals surface area (Å²) < 4.78 is 5.75. The van der Waals surface area contributed by atoms with Gasteiger partial charge in [-0.1, -0.05) is 6.07 Å². The van der Waals surface area contributed by atoms with E-state index in [1.807, 2.05) is 39.2 Å². The van der Waals surface area contributed by atoms with Gasteiger partial charge in [0.2, 0.25) is 5.91 Å². The molecule has 0 aromatic heterocycles. The second-order valence-electron chi connectivity index (χ2n) is 5.09. The van der Waals surface area contributed by atoms with E-state index < -0.39 is 0 Å². The summed E-state index contributed by atoms with van der Waals surface area (Å²) in [4.78, 5) is 13.8. The van der Waals surface area contributed by atoms with Gasteiger partial charge in [-0.25, -0.2) is 0 Å². The van der Waals surface area contributed by atoms with Crippen molar-refractivity contribution in [3.63, 3.8) is 0 Å². The highest BCUT2D eigenvalue weighted by atomic mass is 35.5. The Morgan fingerprint density at radius 1 is 1.32 bits per heavy atom. The Labute approximate surface area is 145 Å². The minimum absolute atomic E-state index is 0. The summed E-state index contributed by atoms with van der Waals surface area (Å²) in [6.45, 7) is 3.93. The molecule has 0 bridgehead atoms. The largest absolute Gasteiger partial charge is 0.490 e. The molecule has 0 atom stereocenters. The summed E-state index contributed by atoms with van der Waals surface area (Å²) in [6, 6.07) is 5.77. The minimum atomic E-state index is -0.0308. The molecular formula is C15H27Cl2N3O2. The molecule has 1 rings (SSSR count). The fraction of sp³-hybridized carbons (Fsp3) is 0.533. The number of likely N-dealkylation sites (N-methyl/N-ethyl adjacent to an activating group) is 1. The van der Waals surface area contributed by atoms with Gasteiger partial charge < -0.3 is 20.7 Å². The maximum absolute atomic E-state index is 11.8. The number of hydrogen-bond acceptors (Lipinski definition) is 4. The summed E-state index contributed by atoms with van der Waals surface area (Å²) in [7, 11) is 3.99. The van der Waals surface area contributed by atoms with Gasteiger partial charge >= 0.3 is 0 Å². The van der Waals surface area contributed by atoms with Gasteiger partial charge in [0, 0.05) is 13.0 Å². The number of anilines is 1. The number of halogens is 2. The molecule has 1 amide bonds. The fourth-order valence-corrected chi connectivity index (χ4v) is 1.67. The zero-order valence-electron chi connectivity index (χ0n) is 13.4. The van der Waals surface area contributed by atoms with Crippen molar-refractivity contribution in [2.24, 2.45) is 5.73 Å². The van der Waals surface area contributed by atoms with Crippen molar-refractivity contribution in [3.8, 4) is 5.75 Å². The predicted molar refractivity (Wildman–Crippen MR) is 96.6 cm³/mol. The highest BCUT2D eigenvalue weighted by Gasteiger charge is 2.08. The number of carbonyl (C=O) groups excluding carboxylic acids is 1. The summed E-state index contributed by atoms with van der Waals surface area (Å²) >= 11 is 0. The normalized spacial score (nSPS) is 9.68. The van der Waals surface area contributed by atoms with Crippen LogP contribution in [0.4, 0.5) is 5.69 Å². The Morgan fingerprint density at radius 2 is 2.00 bits per heavy atom. The van der Waals surface area contributed by atoms with Crippen LogP contribution in [0, 0.1) is 6.92 Å². The van der Waals surface area contributed by atoms with Gasteiger partial charge in [0.25, 0.3) is 0 Å². The smallest absolute Gasteiger partial charge is 0.224 e.